The molecule has 0 aromatic heterocycles. The van der Waals surface area contributed by atoms with Crippen LogP contribution in [0.4, 0.5) is 0 Å². The van der Waals surface area contributed by atoms with E-state index in [0.717, 1.165) is 12.6 Å². The second kappa shape index (κ2) is 6.58. The molecule has 0 bridgehead atoms. The third-order valence-corrected chi connectivity index (χ3v) is 2.98. The fourth-order valence-corrected chi connectivity index (χ4v) is 1.75. The summed E-state index contributed by atoms with van der Waals surface area (Å²) in [6, 6.07) is 9.27. The van der Waals surface area contributed by atoms with Gasteiger partial charge in [0.25, 0.3) is 0 Å². The molecule has 1 aliphatic carbocycles. The number of hydrogen-bond donors (Lipinski definition) is 1. The molecule has 0 amide bonds. The highest BCUT2D eigenvalue weighted by atomic mass is 16.5. The Bertz CT molecular complexity index is 369. The van der Waals surface area contributed by atoms with Gasteiger partial charge in [-0.2, -0.15) is 0 Å². The van der Waals surface area contributed by atoms with Crippen LogP contribution in [0.5, 0.6) is 0 Å². The van der Waals surface area contributed by atoms with Crippen LogP contribution in [-0.2, 0) is 17.9 Å². The first-order chi connectivity index (χ1) is 8.40. The van der Waals surface area contributed by atoms with Crippen molar-refractivity contribution in [2.45, 2.75) is 39.0 Å². The lowest BCUT2D eigenvalue weighted by molar-refractivity contribution is 0.148. The molecule has 1 N–H and O–H groups in total. The molecule has 0 heterocycles. The molecule has 92 valence electrons. The Morgan fingerprint density at radius 1 is 1.29 bits per heavy atom. The standard InChI is InChI=1S/C15H21NO/c1-2-3-10-17-12-14-7-5-4-6-13(14)11-16-15-8-9-15/h2-7,15-16H,8-12H2,1H3. The smallest absolute Gasteiger partial charge is 0.0724 e. The molecule has 0 saturated heterocycles. The van der Waals surface area contributed by atoms with Crippen LogP contribution >= 0.6 is 0 Å². The molecule has 1 aliphatic rings. The summed E-state index contributed by atoms with van der Waals surface area (Å²) < 4.78 is 5.61. The Morgan fingerprint density at radius 2 is 2.06 bits per heavy atom. The topological polar surface area (TPSA) is 21.3 Å². The molecule has 0 aliphatic heterocycles. The summed E-state index contributed by atoms with van der Waals surface area (Å²) in [6.07, 6.45) is 6.71. The van der Waals surface area contributed by atoms with Crippen molar-refractivity contribution in [1.29, 1.82) is 0 Å². The van der Waals surface area contributed by atoms with Crippen LogP contribution in [0, 0.1) is 0 Å². The fraction of sp³-hybridized carbons (Fsp3) is 0.467. The maximum absolute atomic E-state index is 5.61. The van der Waals surface area contributed by atoms with Gasteiger partial charge in [0.05, 0.1) is 13.2 Å². The van der Waals surface area contributed by atoms with E-state index in [1.807, 2.05) is 19.1 Å². The minimum absolute atomic E-state index is 0.695. The van der Waals surface area contributed by atoms with Crippen molar-refractivity contribution >= 4 is 0 Å². The molecular formula is C15H21NO. The normalized spacial score (nSPS) is 15.6. The number of rotatable bonds is 7. The maximum atomic E-state index is 5.61. The first-order valence-electron chi connectivity index (χ1n) is 6.39. The van der Waals surface area contributed by atoms with Crippen LogP contribution in [0.2, 0.25) is 0 Å². The molecule has 2 heteroatoms. The zero-order chi connectivity index (χ0) is 11.9. The minimum Gasteiger partial charge on any atom is -0.373 e. The van der Waals surface area contributed by atoms with E-state index in [-0.39, 0.29) is 0 Å². The van der Waals surface area contributed by atoms with Crippen LogP contribution < -0.4 is 5.32 Å². The SMILES string of the molecule is CC=CCOCc1ccccc1CNC1CC1. The zero-order valence-electron chi connectivity index (χ0n) is 10.5. The van der Waals surface area contributed by atoms with Crippen LogP contribution in [0.15, 0.2) is 36.4 Å². The van der Waals surface area contributed by atoms with Crippen molar-refractivity contribution in [2.75, 3.05) is 6.61 Å². The van der Waals surface area contributed by atoms with Crippen LogP contribution in [-0.4, -0.2) is 12.6 Å². The van der Waals surface area contributed by atoms with Gasteiger partial charge in [-0.1, -0.05) is 36.4 Å². The molecular weight excluding hydrogens is 210 g/mol. The highest BCUT2D eigenvalue weighted by Crippen LogP contribution is 2.20. The van der Waals surface area contributed by atoms with Gasteiger partial charge in [0.1, 0.15) is 0 Å². The van der Waals surface area contributed by atoms with Gasteiger partial charge >= 0.3 is 0 Å². The van der Waals surface area contributed by atoms with E-state index < -0.39 is 0 Å². The number of hydrogen-bond acceptors (Lipinski definition) is 2. The quantitative estimate of drug-likeness (QED) is 0.575. The van der Waals surface area contributed by atoms with Gasteiger partial charge in [-0.15, -0.1) is 0 Å². The van der Waals surface area contributed by atoms with Crippen molar-refractivity contribution in [1.82, 2.24) is 5.32 Å². The van der Waals surface area contributed by atoms with E-state index >= 15 is 0 Å². The van der Waals surface area contributed by atoms with E-state index in [4.69, 9.17) is 4.74 Å². The van der Waals surface area contributed by atoms with Gasteiger partial charge in [-0.25, -0.2) is 0 Å². The Morgan fingerprint density at radius 3 is 2.76 bits per heavy atom. The first-order valence-corrected chi connectivity index (χ1v) is 6.39. The number of allylic oxidation sites excluding steroid dienone is 1. The summed E-state index contributed by atoms with van der Waals surface area (Å²) in [4.78, 5) is 0. The number of benzene rings is 1. The van der Waals surface area contributed by atoms with Gasteiger partial charge in [-0.3, -0.25) is 0 Å². The third-order valence-electron chi connectivity index (χ3n) is 2.98. The van der Waals surface area contributed by atoms with Crippen LogP contribution in [0.1, 0.15) is 30.9 Å². The van der Waals surface area contributed by atoms with Crippen molar-refractivity contribution < 1.29 is 4.74 Å². The third kappa shape index (κ3) is 4.33. The Kier molecular flexibility index (Phi) is 4.77. The molecule has 1 aromatic carbocycles. The van der Waals surface area contributed by atoms with Crippen molar-refractivity contribution in [2.24, 2.45) is 0 Å². The van der Waals surface area contributed by atoms with Gasteiger partial charge in [-0.05, 0) is 30.9 Å². The van der Waals surface area contributed by atoms with E-state index in [2.05, 4.69) is 29.6 Å². The number of nitrogens with one attached hydrogen (secondary N) is 1. The Hall–Kier alpha value is -1.12. The van der Waals surface area contributed by atoms with Crippen LogP contribution in [0.3, 0.4) is 0 Å². The predicted molar refractivity (Wildman–Crippen MR) is 70.8 cm³/mol. The van der Waals surface area contributed by atoms with E-state index in [9.17, 15) is 0 Å². The molecule has 2 nitrogen and oxygen atoms in total. The summed E-state index contributed by atoms with van der Waals surface area (Å²) in [5, 5.41) is 3.55. The summed E-state index contributed by atoms with van der Waals surface area (Å²) in [7, 11) is 0. The molecule has 2 rings (SSSR count). The Labute approximate surface area is 104 Å². The molecule has 0 spiro atoms. The van der Waals surface area contributed by atoms with Gasteiger partial charge < -0.3 is 10.1 Å². The molecule has 0 radical (unpaired) electrons. The molecule has 1 saturated carbocycles. The molecule has 0 unspecified atom stereocenters. The predicted octanol–water partition coefficient (Wildman–Crippen LogP) is 3.03. The van der Waals surface area contributed by atoms with Crippen molar-refractivity contribution in [3.05, 3.63) is 47.5 Å². The van der Waals surface area contributed by atoms with Gasteiger partial charge in [0.2, 0.25) is 0 Å². The minimum atomic E-state index is 0.695. The van der Waals surface area contributed by atoms with Gasteiger partial charge in [0, 0.05) is 12.6 Å². The summed E-state index contributed by atoms with van der Waals surface area (Å²) in [6.45, 7) is 4.37. The van der Waals surface area contributed by atoms with E-state index in [0.29, 0.717) is 13.2 Å². The molecule has 0 atom stereocenters. The highest BCUT2D eigenvalue weighted by Gasteiger charge is 2.20. The molecule has 1 fully saturated rings. The lowest BCUT2D eigenvalue weighted by atomic mass is 10.1. The first kappa shape index (κ1) is 12.3. The largest absolute Gasteiger partial charge is 0.373 e. The monoisotopic (exact) mass is 231 g/mol. The molecule has 1 aromatic rings. The second-order valence-corrected chi connectivity index (χ2v) is 4.51. The lowest BCUT2D eigenvalue weighted by Crippen LogP contribution is -2.16. The summed E-state index contributed by atoms with van der Waals surface area (Å²) in [5.74, 6) is 0. The average Bonchev–Trinajstić information content (AvgIpc) is 3.17. The van der Waals surface area contributed by atoms with Crippen molar-refractivity contribution in [3.8, 4) is 0 Å². The van der Waals surface area contributed by atoms with E-state index in [1.165, 1.54) is 24.0 Å². The molecule has 17 heavy (non-hydrogen) atoms. The highest BCUT2D eigenvalue weighted by molar-refractivity contribution is 5.26. The zero-order valence-corrected chi connectivity index (χ0v) is 10.5. The maximum Gasteiger partial charge on any atom is 0.0724 e. The van der Waals surface area contributed by atoms with Crippen molar-refractivity contribution in [3.63, 3.8) is 0 Å². The average molecular weight is 231 g/mol. The van der Waals surface area contributed by atoms with E-state index in [1.54, 1.807) is 0 Å². The fourth-order valence-electron chi connectivity index (χ4n) is 1.75. The summed E-state index contributed by atoms with van der Waals surface area (Å²) in [5.41, 5.74) is 2.66. The van der Waals surface area contributed by atoms with Gasteiger partial charge in [0.15, 0.2) is 0 Å². The van der Waals surface area contributed by atoms with Crippen LogP contribution in [0.25, 0.3) is 0 Å². The Balaban J connectivity index is 1.84. The second-order valence-electron chi connectivity index (χ2n) is 4.51. The number of ether oxygens (including phenoxy) is 1. The lowest BCUT2D eigenvalue weighted by Gasteiger charge is -2.10. The summed E-state index contributed by atoms with van der Waals surface area (Å²) >= 11 is 0.